The number of halogens is 1. The molecule has 0 radical (unpaired) electrons. The molecule has 0 aromatic carbocycles. The van der Waals surface area contributed by atoms with Crippen LogP contribution in [-0.2, 0) is 4.84 Å². The summed E-state index contributed by atoms with van der Waals surface area (Å²) in [7, 11) is 0. The van der Waals surface area contributed by atoms with Crippen LogP contribution in [0.3, 0.4) is 0 Å². The second kappa shape index (κ2) is 6.91. The van der Waals surface area contributed by atoms with Gasteiger partial charge < -0.3 is 10.2 Å². The lowest BCUT2D eigenvalue weighted by Gasteiger charge is -2.11. The molecule has 1 heterocycles. The van der Waals surface area contributed by atoms with E-state index >= 15 is 0 Å². The minimum Gasteiger partial charge on any atom is -0.396 e. The van der Waals surface area contributed by atoms with Gasteiger partial charge in [0.1, 0.15) is 6.61 Å². The largest absolute Gasteiger partial charge is 0.396 e. The fourth-order valence-electron chi connectivity index (χ4n) is 0.820. The lowest BCUT2D eigenvalue weighted by molar-refractivity contribution is 0.159. The summed E-state index contributed by atoms with van der Waals surface area (Å²) < 4.78 is 0. The first-order valence-corrected chi connectivity index (χ1v) is 3.84. The Kier molecular flexibility index (Phi) is 6.47. The van der Waals surface area contributed by atoms with E-state index in [9.17, 15) is 0 Å². The highest BCUT2D eigenvalue weighted by Crippen LogP contribution is 1.96. The van der Waals surface area contributed by atoms with Crippen LogP contribution in [0.25, 0.3) is 0 Å². The van der Waals surface area contributed by atoms with Crippen LogP contribution in [0, 0.1) is 0 Å². The van der Waals surface area contributed by atoms with E-state index in [0.29, 0.717) is 6.61 Å². The zero-order valence-electron chi connectivity index (χ0n) is 7.06. The van der Waals surface area contributed by atoms with E-state index in [1.165, 1.54) is 0 Å². The molecule has 1 rings (SSSR count). The average molecular weight is 192 g/mol. The molecule has 5 heteroatoms. The fourth-order valence-corrected chi connectivity index (χ4v) is 0.820. The summed E-state index contributed by atoms with van der Waals surface area (Å²) in [6, 6.07) is 0.197. The van der Waals surface area contributed by atoms with Gasteiger partial charge in [0.15, 0.2) is 0 Å². The molecule has 1 unspecified atom stereocenters. The van der Waals surface area contributed by atoms with Crippen LogP contribution in [0.1, 0.15) is 13.3 Å². The molecular weight excluding hydrogens is 178 g/mol. The van der Waals surface area contributed by atoms with E-state index in [0.717, 1.165) is 13.0 Å². The average Bonchev–Trinajstić information content (AvgIpc) is 2.07. The van der Waals surface area contributed by atoms with Gasteiger partial charge in [-0.25, -0.2) is 0 Å². The smallest absolute Gasteiger partial charge is 0.114 e. The van der Waals surface area contributed by atoms with Crippen LogP contribution in [0.4, 0.5) is 0 Å². The molecule has 1 atom stereocenters. The Bertz CT molecular complexity index is 161. The van der Waals surface area contributed by atoms with Crippen molar-refractivity contribution in [2.75, 3.05) is 13.2 Å². The predicted octanol–water partition coefficient (Wildman–Crippen LogP) is 0.821. The zero-order valence-corrected chi connectivity index (χ0v) is 7.88. The molecule has 0 amide bonds. The van der Waals surface area contributed by atoms with E-state index in [1.54, 1.807) is 12.6 Å². The predicted molar refractivity (Wildman–Crippen MR) is 52.3 cm³/mol. The monoisotopic (exact) mass is 191 g/mol. The van der Waals surface area contributed by atoms with Gasteiger partial charge in [0.25, 0.3) is 0 Å². The second-order valence-corrected chi connectivity index (χ2v) is 2.26. The van der Waals surface area contributed by atoms with Gasteiger partial charge in [-0.3, -0.25) is 4.99 Å². The highest BCUT2D eigenvalue weighted by molar-refractivity contribution is 5.85. The van der Waals surface area contributed by atoms with Gasteiger partial charge in [-0.15, -0.1) is 12.4 Å². The number of nitrogens with one attached hydrogen (secondary N) is 1. The summed E-state index contributed by atoms with van der Waals surface area (Å²) in [5.74, 6) is 0. The Balaban J connectivity index is 0.00000121. The molecule has 12 heavy (non-hydrogen) atoms. The topological polar surface area (TPSA) is 46.0 Å². The van der Waals surface area contributed by atoms with E-state index in [1.807, 2.05) is 6.92 Å². The van der Waals surface area contributed by atoms with Gasteiger partial charge >= 0.3 is 0 Å². The van der Waals surface area contributed by atoms with E-state index in [2.05, 4.69) is 15.5 Å². The molecule has 0 aliphatic carbocycles. The number of hydrogen-bond donors (Lipinski definition) is 1. The van der Waals surface area contributed by atoms with Crippen molar-refractivity contribution >= 4 is 25.0 Å². The number of oxime groups is 1. The quantitative estimate of drug-likeness (QED) is 0.531. The summed E-state index contributed by atoms with van der Waals surface area (Å²) in [5, 5.41) is 6.76. The highest BCUT2D eigenvalue weighted by Gasteiger charge is 2.04. The van der Waals surface area contributed by atoms with Crippen LogP contribution in [0.15, 0.2) is 10.1 Å². The highest BCUT2D eigenvalue weighted by atomic mass is 35.5. The summed E-state index contributed by atoms with van der Waals surface area (Å²) in [6.07, 6.45) is 4.44. The molecular formula is C7H14ClN3O. The van der Waals surface area contributed by atoms with E-state index in [-0.39, 0.29) is 18.4 Å². The van der Waals surface area contributed by atoms with Crippen molar-refractivity contribution in [3.63, 3.8) is 0 Å². The lowest BCUT2D eigenvalue weighted by Crippen LogP contribution is -2.25. The Morgan fingerprint density at radius 2 is 2.67 bits per heavy atom. The minimum absolute atomic E-state index is 0. The Hall–Kier alpha value is -0.770. The van der Waals surface area contributed by atoms with E-state index in [4.69, 9.17) is 4.84 Å². The summed E-state index contributed by atoms with van der Waals surface area (Å²) in [6.45, 7) is 3.49. The molecule has 1 aliphatic rings. The molecule has 0 saturated heterocycles. The van der Waals surface area contributed by atoms with Crippen LogP contribution in [0.5, 0.6) is 0 Å². The first kappa shape index (κ1) is 11.2. The SMILES string of the molecule is CCO/N=C/C1CCNC=N1.Cl. The molecule has 0 bridgehead atoms. The van der Waals surface area contributed by atoms with Crippen LogP contribution < -0.4 is 5.32 Å². The van der Waals surface area contributed by atoms with Gasteiger partial charge in [-0.2, -0.15) is 0 Å². The van der Waals surface area contributed by atoms with Crippen molar-refractivity contribution in [3.8, 4) is 0 Å². The van der Waals surface area contributed by atoms with Crippen LogP contribution >= 0.6 is 12.4 Å². The standard InChI is InChI=1S/C7H13N3O.ClH/c1-2-11-10-5-7-3-4-8-6-9-7;/h5-7H,2-4H2,1H3,(H,8,9);1H/b10-5+;. The first-order valence-electron chi connectivity index (χ1n) is 3.84. The maximum atomic E-state index is 4.81. The Labute approximate surface area is 78.5 Å². The third kappa shape index (κ3) is 4.18. The fraction of sp³-hybridized carbons (Fsp3) is 0.714. The Morgan fingerprint density at radius 3 is 3.25 bits per heavy atom. The first-order chi connectivity index (χ1) is 5.43. The third-order valence-corrected chi connectivity index (χ3v) is 1.38. The van der Waals surface area contributed by atoms with Crippen LogP contribution in [0.2, 0.25) is 0 Å². The van der Waals surface area contributed by atoms with Crippen molar-refractivity contribution in [1.82, 2.24) is 5.32 Å². The minimum atomic E-state index is 0. The number of aliphatic imine (C=N–C) groups is 1. The number of hydrogen-bond acceptors (Lipinski definition) is 4. The van der Waals surface area contributed by atoms with Gasteiger partial charge in [-0.1, -0.05) is 5.16 Å². The van der Waals surface area contributed by atoms with Crippen molar-refractivity contribution < 1.29 is 4.84 Å². The maximum Gasteiger partial charge on any atom is 0.114 e. The third-order valence-electron chi connectivity index (χ3n) is 1.38. The van der Waals surface area contributed by atoms with Crippen molar-refractivity contribution in [2.24, 2.45) is 10.1 Å². The maximum absolute atomic E-state index is 4.81. The molecule has 1 aliphatic heterocycles. The van der Waals surface area contributed by atoms with Crippen molar-refractivity contribution in [2.45, 2.75) is 19.4 Å². The lowest BCUT2D eigenvalue weighted by atomic mass is 10.2. The zero-order chi connectivity index (χ0) is 7.94. The van der Waals surface area contributed by atoms with Gasteiger partial charge in [-0.05, 0) is 13.3 Å². The molecule has 0 fully saturated rings. The summed E-state index contributed by atoms with van der Waals surface area (Å²) in [4.78, 5) is 8.95. The van der Waals surface area contributed by atoms with Gasteiger partial charge in [0.2, 0.25) is 0 Å². The molecule has 1 N–H and O–H groups in total. The molecule has 0 aromatic heterocycles. The normalized spacial score (nSPS) is 21.6. The molecule has 0 aromatic rings. The molecule has 0 spiro atoms. The summed E-state index contributed by atoms with van der Waals surface area (Å²) >= 11 is 0. The van der Waals surface area contributed by atoms with Gasteiger partial charge in [0.05, 0.1) is 18.6 Å². The molecule has 4 nitrogen and oxygen atoms in total. The van der Waals surface area contributed by atoms with Crippen molar-refractivity contribution in [3.05, 3.63) is 0 Å². The molecule has 0 saturated carbocycles. The number of rotatable bonds is 3. The van der Waals surface area contributed by atoms with E-state index < -0.39 is 0 Å². The van der Waals surface area contributed by atoms with Crippen LogP contribution in [-0.4, -0.2) is 31.7 Å². The number of nitrogens with zero attached hydrogens (tertiary/aromatic N) is 2. The molecule has 70 valence electrons. The van der Waals surface area contributed by atoms with Crippen molar-refractivity contribution in [1.29, 1.82) is 0 Å². The summed E-state index contributed by atoms with van der Waals surface area (Å²) in [5.41, 5.74) is 0. The van der Waals surface area contributed by atoms with Gasteiger partial charge in [0, 0.05) is 6.54 Å². The second-order valence-electron chi connectivity index (χ2n) is 2.26. The Morgan fingerprint density at radius 1 is 1.83 bits per heavy atom.